The van der Waals surface area contributed by atoms with Crippen LogP contribution in [0.25, 0.3) is 0 Å². The molecule has 1 aromatic rings. The van der Waals surface area contributed by atoms with Crippen LogP contribution in [0.1, 0.15) is 40.5 Å². The monoisotopic (exact) mass is 291 g/mol. The molecule has 1 aliphatic carbocycles. The van der Waals surface area contributed by atoms with E-state index in [1.165, 1.54) is 38.3 Å². The second kappa shape index (κ2) is 6.39. The van der Waals surface area contributed by atoms with Crippen molar-refractivity contribution in [1.82, 2.24) is 5.32 Å². The minimum atomic E-state index is -0.849. The van der Waals surface area contributed by atoms with Crippen LogP contribution in [0, 0.1) is 0 Å². The minimum absolute atomic E-state index is 0.220. The van der Waals surface area contributed by atoms with Crippen LogP contribution in [-0.2, 0) is 14.3 Å². The summed E-state index contributed by atoms with van der Waals surface area (Å²) in [6.07, 6.45) is 1.10. The van der Waals surface area contributed by atoms with Crippen molar-refractivity contribution < 1.29 is 23.9 Å². The summed E-state index contributed by atoms with van der Waals surface area (Å²) in [6, 6.07) is 6.08. The average molecular weight is 291 g/mol. The van der Waals surface area contributed by atoms with Crippen LogP contribution in [0.3, 0.4) is 0 Å². The van der Waals surface area contributed by atoms with E-state index in [4.69, 9.17) is 4.74 Å². The number of ether oxygens (including phenoxy) is 2. The Labute approximate surface area is 122 Å². The molecule has 0 spiro atoms. The molecule has 6 heteroatoms. The minimum Gasteiger partial charge on any atom is -0.465 e. The van der Waals surface area contributed by atoms with Gasteiger partial charge < -0.3 is 14.8 Å². The van der Waals surface area contributed by atoms with Gasteiger partial charge in [-0.1, -0.05) is 0 Å². The van der Waals surface area contributed by atoms with E-state index < -0.39 is 18.0 Å². The number of amides is 1. The highest BCUT2D eigenvalue weighted by Gasteiger charge is 2.27. The van der Waals surface area contributed by atoms with Gasteiger partial charge in [-0.15, -0.1) is 0 Å². The number of methoxy groups -OCH3 is 1. The fraction of sp³-hybridized carbons (Fsp3) is 0.400. The molecule has 1 aliphatic rings. The molecule has 1 amide bonds. The zero-order valence-corrected chi connectivity index (χ0v) is 11.9. The first kappa shape index (κ1) is 15.0. The van der Waals surface area contributed by atoms with Gasteiger partial charge in [0.15, 0.2) is 6.10 Å². The van der Waals surface area contributed by atoms with Gasteiger partial charge in [-0.05, 0) is 44.0 Å². The van der Waals surface area contributed by atoms with E-state index in [1.54, 1.807) is 0 Å². The van der Waals surface area contributed by atoms with Crippen molar-refractivity contribution >= 4 is 17.8 Å². The Bertz CT molecular complexity index is 548. The van der Waals surface area contributed by atoms with E-state index >= 15 is 0 Å². The first-order valence-corrected chi connectivity index (χ1v) is 6.71. The summed E-state index contributed by atoms with van der Waals surface area (Å²) < 4.78 is 9.65. The summed E-state index contributed by atoms with van der Waals surface area (Å²) >= 11 is 0. The summed E-state index contributed by atoms with van der Waals surface area (Å²) in [7, 11) is 1.28. The number of rotatable bonds is 5. The molecule has 0 aliphatic heterocycles. The number of hydrogen-bond donors (Lipinski definition) is 1. The zero-order chi connectivity index (χ0) is 15.4. The normalized spacial score (nSPS) is 15.0. The quantitative estimate of drug-likeness (QED) is 0.827. The van der Waals surface area contributed by atoms with E-state index in [9.17, 15) is 14.4 Å². The third-order valence-electron chi connectivity index (χ3n) is 3.12. The van der Waals surface area contributed by atoms with Crippen molar-refractivity contribution in [1.29, 1.82) is 0 Å². The highest BCUT2D eigenvalue weighted by Crippen LogP contribution is 2.19. The lowest BCUT2D eigenvalue weighted by Crippen LogP contribution is -2.37. The number of carbonyl (C=O) groups excluding carboxylic acids is 3. The largest absolute Gasteiger partial charge is 0.465 e. The van der Waals surface area contributed by atoms with Crippen LogP contribution in [0.2, 0.25) is 0 Å². The average Bonchev–Trinajstić information content (AvgIpc) is 3.30. The molecule has 0 bridgehead atoms. The smallest absolute Gasteiger partial charge is 0.338 e. The molecule has 0 aromatic heterocycles. The van der Waals surface area contributed by atoms with Crippen molar-refractivity contribution in [3.05, 3.63) is 35.4 Å². The topological polar surface area (TPSA) is 81.7 Å². The maximum atomic E-state index is 11.9. The standard InChI is InChI=1S/C15H17NO5/c1-9(13(17)16-12-7-8-12)21-15(19)11-5-3-10(4-6-11)14(18)20-2/h3-6,9,12H,7-8H2,1-2H3,(H,16,17)/t9-/m1/s1. The fourth-order valence-electron chi connectivity index (χ4n) is 1.69. The van der Waals surface area contributed by atoms with Crippen LogP contribution < -0.4 is 5.32 Å². The van der Waals surface area contributed by atoms with Crippen molar-refractivity contribution in [2.45, 2.75) is 31.9 Å². The molecule has 1 N–H and O–H groups in total. The van der Waals surface area contributed by atoms with Crippen LogP contribution in [0.5, 0.6) is 0 Å². The zero-order valence-electron chi connectivity index (χ0n) is 11.9. The molecule has 0 radical (unpaired) electrons. The Morgan fingerprint density at radius 1 is 1.10 bits per heavy atom. The van der Waals surface area contributed by atoms with Gasteiger partial charge in [0.05, 0.1) is 18.2 Å². The van der Waals surface area contributed by atoms with Crippen LogP contribution in [0.15, 0.2) is 24.3 Å². The number of benzene rings is 1. The first-order valence-electron chi connectivity index (χ1n) is 6.71. The fourth-order valence-corrected chi connectivity index (χ4v) is 1.69. The molecule has 21 heavy (non-hydrogen) atoms. The van der Waals surface area contributed by atoms with Crippen molar-refractivity contribution in [2.24, 2.45) is 0 Å². The summed E-state index contributed by atoms with van der Waals surface area (Å²) in [5.74, 6) is -1.38. The van der Waals surface area contributed by atoms with E-state index in [1.807, 2.05) is 0 Å². The Kier molecular flexibility index (Phi) is 4.57. The Morgan fingerprint density at radius 2 is 1.62 bits per heavy atom. The number of nitrogens with one attached hydrogen (secondary N) is 1. The molecule has 1 atom stereocenters. The van der Waals surface area contributed by atoms with Gasteiger partial charge in [-0.25, -0.2) is 9.59 Å². The molecule has 0 saturated heterocycles. The van der Waals surface area contributed by atoms with Gasteiger partial charge in [0.2, 0.25) is 0 Å². The second-order valence-electron chi connectivity index (χ2n) is 4.90. The predicted molar refractivity (Wildman–Crippen MR) is 73.8 cm³/mol. The molecule has 1 aromatic carbocycles. The van der Waals surface area contributed by atoms with Gasteiger partial charge in [-0.2, -0.15) is 0 Å². The molecule has 112 valence electrons. The van der Waals surface area contributed by atoms with Crippen molar-refractivity contribution in [3.8, 4) is 0 Å². The molecule has 2 rings (SSSR count). The molecule has 6 nitrogen and oxygen atoms in total. The summed E-state index contributed by atoms with van der Waals surface area (Å²) in [6.45, 7) is 1.53. The SMILES string of the molecule is COC(=O)c1ccc(C(=O)O[C@H](C)C(=O)NC2CC2)cc1. The summed E-state index contributed by atoms with van der Waals surface area (Å²) in [5, 5.41) is 2.76. The highest BCUT2D eigenvalue weighted by molar-refractivity contribution is 5.94. The Morgan fingerprint density at radius 3 is 2.10 bits per heavy atom. The van der Waals surface area contributed by atoms with Gasteiger partial charge in [-0.3, -0.25) is 4.79 Å². The van der Waals surface area contributed by atoms with Crippen LogP contribution in [-0.4, -0.2) is 37.1 Å². The maximum absolute atomic E-state index is 11.9. The lowest BCUT2D eigenvalue weighted by Gasteiger charge is -2.13. The number of hydrogen-bond acceptors (Lipinski definition) is 5. The van der Waals surface area contributed by atoms with Crippen molar-refractivity contribution in [2.75, 3.05) is 7.11 Å². The Hall–Kier alpha value is -2.37. The second-order valence-corrected chi connectivity index (χ2v) is 4.90. The van der Waals surface area contributed by atoms with Crippen LogP contribution in [0.4, 0.5) is 0 Å². The molecular weight excluding hydrogens is 274 g/mol. The van der Waals surface area contributed by atoms with Crippen molar-refractivity contribution in [3.63, 3.8) is 0 Å². The van der Waals surface area contributed by atoms with E-state index in [0.29, 0.717) is 5.56 Å². The Balaban J connectivity index is 1.92. The van der Waals surface area contributed by atoms with E-state index in [0.717, 1.165) is 12.8 Å². The predicted octanol–water partition coefficient (Wildman–Crippen LogP) is 1.30. The molecule has 0 heterocycles. The lowest BCUT2D eigenvalue weighted by molar-refractivity contribution is -0.129. The molecule has 1 saturated carbocycles. The number of carbonyl (C=O) groups is 3. The molecule has 0 unspecified atom stereocenters. The van der Waals surface area contributed by atoms with Gasteiger partial charge >= 0.3 is 11.9 Å². The van der Waals surface area contributed by atoms with E-state index in [2.05, 4.69) is 10.1 Å². The highest BCUT2D eigenvalue weighted by atomic mass is 16.5. The van der Waals surface area contributed by atoms with Gasteiger partial charge in [0, 0.05) is 6.04 Å². The first-order chi connectivity index (χ1) is 10.0. The summed E-state index contributed by atoms with van der Waals surface area (Å²) in [5.41, 5.74) is 0.613. The number of esters is 2. The van der Waals surface area contributed by atoms with Gasteiger partial charge in [0.1, 0.15) is 0 Å². The molecule has 1 fully saturated rings. The third kappa shape index (κ3) is 4.05. The van der Waals surface area contributed by atoms with Crippen LogP contribution >= 0.6 is 0 Å². The lowest BCUT2D eigenvalue weighted by atomic mass is 10.1. The third-order valence-corrected chi connectivity index (χ3v) is 3.12. The van der Waals surface area contributed by atoms with Gasteiger partial charge in [0.25, 0.3) is 5.91 Å². The maximum Gasteiger partial charge on any atom is 0.338 e. The summed E-state index contributed by atoms with van der Waals surface area (Å²) in [4.78, 5) is 34.9. The molecular formula is C15H17NO5. The van der Waals surface area contributed by atoms with E-state index in [-0.39, 0.29) is 17.5 Å².